The average Bonchev–Trinajstić information content (AvgIpc) is 2.32. The molecule has 1 atom stereocenters. The van der Waals surface area contributed by atoms with Gasteiger partial charge in [-0.05, 0) is 24.1 Å². The molecule has 110 valence electrons. The van der Waals surface area contributed by atoms with Gasteiger partial charge in [0.25, 0.3) is 0 Å². The second kappa shape index (κ2) is 7.57. The second-order valence-corrected chi connectivity index (χ2v) is 4.62. The van der Waals surface area contributed by atoms with E-state index in [1.165, 1.54) is 0 Å². The molecule has 1 aromatic carbocycles. The highest BCUT2D eigenvalue weighted by molar-refractivity contribution is 5.87. The first-order valence-electron chi connectivity index (χ1n) is 6.46. The van der Waals surface area contributed by atoms with Gasteiger partial charge >= 0.3 is 0 Å². The van der Waals surface area contributed by atoms with E-state index in [4.69, 9.17) is 5.73 Å². The van der Waals surface area contributed by atoms with Crippen molar-refractivity contribution in [3.63, 3.8) is 0 Å². The summed E-state index contributed by atoms with van der Waals surface area (Å²) in [5.41, 5.74) is 5.40. The monoisotopic (exact) mass is 284 g/mol. The maximum atomic E-state index is 13.0. The topological polar surface area (TPSA) is 72.2 Å². The Morgan fingerprint density at radius 2 is 1.85 bits per heavy atom. The Morgan fingerprint density at radius 1 is 1.25 bits per heavy atom. The molecule has 0 unspecified atom stereocenters. The number of nitrogens with two attached hydrogens (primary N) is 1. The fraction of sp³-hybridized carbons (Fsp3) is 0.429. The minimum atomic E-state index is -0.749. The Kier molecular flexibility index (Phi) is 6.09. The second-order valence-electron chi connectivity index (χ2n) is 4.62. The van der Waals surface area contributed by atoms with Crippen LogP contribution in [0.3, 0.4) is 0 Å². The molecule has 0 aliphatic rings. The van der Waals surface area contributed by atoms with Gasteiger partial charge in [0.15, 0.2) is 0 Å². The summed E-state index contributed by atoms with van der Waals surface area (Å²) in [5, 5.41) is 2.48. The SMILES string of the molecule is CCCC[C@@H](NC(=O)Cc1cc(F)cc(F)c1)C(N)=O. The van der Waals surface area contributed by atoms with E-state index in [0.29, 0.717) is 6.42 Å². The van der Waals surface area contributed by atoms with Crippen molar-refractivity contribution in [3.8, 4) is 0 Å². The van der Waals surface area contributed by atoms with Gasteiger partial charge in [-0.25, -0.2) is 8.78 Å². The maximum absolute atomic E-state index is 13.0. The van der Waals surface area contributed by atoms with E-state index in [-0.39, 0.29) is 12.0 Å². The quantitative estimate of drug-likeness (QED) is 0.799. The normalized spacial score (nSPS) is 11.9. The van der Waals surface area contributed by atoms with E-state index in [0.717, 1.165) is 31.0 Å². The molecule has 2 amide bonds. The van der Waals surface area contributed by atoms with E-state index < -0.39 is 29.5 Å². The lowest BCUT2D eigenvalue weighted by molar-refractivity contribution is -0.127. The number of hydrogen-bond acceptors (Lipinski definition) is 2. The van der Waals surface area contributed by atoms with Gasteiger partial charge in [-0.3, -0.25) is 9.59 Å². The minimum absolute atomic E-state index is 0.204. The zero-order chi connectivity index (χ0) is 15.1. The molecule has 0 radical (unpaired) electrons. The van der Waals surface area contributed by atoms with Crippen LogP contribution in [0.1, 0.15) is 31.7 Å². The molecule has 0 spiro atoms. The summed E-state index contributed by atoms with van der Waals surface area (Å²) in [5.74, 6) is -2.59. The summed E-state index contributed by atoms with van der Waals surface area (Å²) in [6, 6.07) is 2.14. The lowest BCUT2D eigenvalue weighted by atomic mass is 10.1. The molecule has 1 aromatic rings. The number of halogens is 2. The van der Waals surface area contributed by atoms with Crippen LogP contribution in [-0.4, -0.2) is 17.9 Å². The van der Waals surface area contributed by atoms with Gasteiger partial charge in [-0.2, -0.15) is 0 Å². The van der Waals surface area contributed by atoms with Crippen LogP contribution in [0.2, 0.25) is 0 Å². The number of benzene rings is 1. The highest BCUT2D eigenvalue weighted by atomic mass is 19.1. The molecule has 3 N–H and O–H groups in total. The Balaban J connectivity index is 2.63. The van der Waals surface area contributed by atoms with E-state index in [2.05, 4.69) is 5.32 Å². The van der Waals surface area contributed by atoms with Crippen molar-refractivity contribution < 1.29 is 18.4 Å². The number of carbonyl (C=O) groups is 2. The number of rotatable bonds is 7. The first-order chi connectivity index (χ1) is 9.42. The van der Waals surface area contributed by atoms with Gasteiger partial charge in [0.1, 0.15) is 17.7 Å². The van der Waals surface area contributed by atoms with E-state index >= 15 is 0 Å². The summed E-state index contributed by atoms with van der Waals surface area (Å²) in [6.45, 7) is 1.95. The van der Waals surface area contributed by atoms with Crippen LogP contribution in [0.15, 0.2) is 18.2 Å². The lowest BCUT2D eigenvalue weighted by Gasteiger charge is -2.15. The fourth-order valence-corrected chi connectivity index (χ4v) is 1.84. The van der Waals surface area contributed by atoms with Gasteiger partial charge in [-0.1, -0.05) is 19.8 Å². The van der Waals surface area contributed by atoms with Gasteiger partial charge in [0.2, 0.25) is 11.8 Å². The summed E-state index contributed by atoms with van der Waals surface area (Å²) in [6.07, 6.45) is 1.87. The standard InChI is InChI=1S/C14H18F2N2O2/c1-2-3-4-12(14(17)20)18-13(19)7-9-5-10(15)8-11(16)6-9/h5-6,8,12H,2-4,7H2,1H3,(H2,17,20)(H,18,19)/t12-/m1/s1. The highest BCUT2D eigenvalue weighted by Gasteiger charge is 2.17. The summed E-state index contributed by atoms with van der Waals surface area (Å²) in [4.78, 5) is 22.9. The minimum Gasteiger partial charge on any atom is -0.368 e. The summed E-state index contributed by atoms with van der Waals surface area (Å²) in [7, 11) is 0. The Hall–Kier alpha value is -1.98. The molecule has 4 nitrogen and oxygen atoms in total. The van der Waals surface area contributed by atoms with Crippen LogP contribution in [0.25, 0.3) is 0 Å². The molecule has 0 bridgehead atoms. The number of primary amides is 1. The maximum Gasteiger partial charge on any atom is 0.239 e. The highest BCUT2D eigenvalue weighted by Crippen LogP contribution is 2.09. The molecule has 0 aromatic heterocycles. The molecule has 20 heavy (non-hydrogen) atoms. The van der Waals surface area contributed by atoms with Crippen molar-refractivity contribution in [1.82, 2.24) is 5.32 Å². The third-order valence-electron chi connectivity index (χ3n) is 2.81. The van der Waals surface area contributed by atoms with Crippen LogP contribution in [0, 0.1) is 11.6 Å². The predicted molar refractivity (Wildman–Crippen MR) is 70.7 cm³/mol. The molecule has 1 rings (SSSR count). The van der Waals surface area contributed by atoms with Crippen LogP contribution < -0.4 is 11.1 Å². The van der Waals surface area contributed by atoms with Crippen molar-refractivity contribution in [1.29, 1.82) is 0 Å². The van der Waals surface area contributed by atoms with Gasteiger partial charge in [0, 0.05) is 6.07 Å². The number of hydrogen-bond donors (Lipinski definition) is 2. The number of unbranched alkanes of at least 4 members (excludes halogenated alkanes) is 1. The number of nitrogens with one attached hydrogen (secondary N) is 1. The first-order valence-corrected chi connectivity index (χ1v) is 6.46. The van der Waals surface area contributed by atoms with Crippen molar-refractivity contribution in [2.75, 3.05) is 0 Å². The van der Waals surface area contributed by atoms with Crippen LogP contribution in [0.5, 0.6) is 0 Å². The van der Waals surface area contributed by atoms with Crippen molar-refractivity contribution in [2.24, 2.45) is 5.73 Å². The van der Waals surface area contributed by atoms with E-state index in [1.807, 2.05) is 6.92 Å². The Morgan fingerprint density at radius 3 is 2.35 bits per heavy atom. The zero-order valence-corrected chi connectivity index (χ0v) is 11.3. The van der Waals surface area contributed by atoms with Crippen molar-refractivity contribution in [2.45, 2.75) is 38.6 Å². The largest absolute Gasteiger partial charge is 0.368 e. The predicted octanol–water partition coefficient (Wildman–Crippen LogP) is 1.67. The summed E-state index contributed by atoms with van der Waals surface area (Å²) < 4.78 is 26.0. The van der Waals surface area contributed by atoms with Gasteiger partial charge in [0.05, 0.1) is 6.42 Å². The van der Waals surface area contributed by atoms with Crippen molar-refractivity contribution >= 4 is 11.8 Å². The molecular formula is C14H18F2N2O2. The number of amides is 2. The molecule has 0 aliphatic carbocycles. The summed E-state index contributed by atoms with van der Waals surface area (Å²) >= 11 is 0. The Labute approximate surface area is 116 Å². The molecule has 0 heterocycles. The third-order valence-corrected chi connectivity index (χ3v) is 2.81. The van der Waals surface area contributed by atoms with E-state index in [9.17, 15) is 18.4 Å². The van der Waals surface area contributed by atoms with Crippen molar-refractivity contribution in [3.05, 3.63) is 35.4 Å². The lowest BCUT2D eigenvalue weighted by Crippen LogP contribution is -2.44. The third kappa shape index (κ3) is 5.34. The van der Waals surface area contributed by atoms with Crippen LogP contribution >= 0.6 is 0 Å². The zero-order valence-electron chi connectivity index (χ0n) is 11.3. The van der Waals surface area contributed by atoms with Crippen LogP contribution in [-0.2, 0) is 16.0 Å². The molecule has 0 aliphatic heterocycles. The molecule has 0 saturated carbocycles. The van der Waals surface area contributed by atoms with Crippen LogP contribution in [0.4, 0.5) is 8.78 Å². The number of carbonyl (C=O) groups excluding carboxylic acids is 2. The molecule has 0 saturated heterocycles. The van der Waals surface area contributed by atoms with Gasteiger partial charge < -0.3 is 11.1 Å². The smallest absolute Gasteiger partial charge is 0.239 e. The first kappa shape index (κ1) is 16.1. The molecule has 6 heteroatoms. The van der Waals surface area contributed by atoms with E-state index in [1.54, 1.807) is 0 Å². The molecule has 0 fully saturated rings. The van der Waals surface area contributed by atoms with Gasteiger partial charge in [-0.15, -0.1) is 0 Å². The molecular weight excluding hydrogens is 266 g/mol. The Bertz CT molecular complexity index is 472. The average molecular weight is 284 g/mol. The fourth-order valence-electron chi connectivity index (χ4n) is 1.84.